The minimum absolute atomic E-state index is 0.0384. The van der Waals surface area contributed by atoms with Gasteiger partial charge in [0.05, 0.1) is 17.0 Å². The van der Waals surface area contributed by atoms with Crippen LogP contribution in [-0.2, 0) is 13.1 Å². The number of rotatable bonds is 7. The third-order valence-corrected chi connectivity index (χ3v) is 7.31. The van der Waals surface area contributed by atoms with E-state index in [1.807, 2.05) is 0 Å². The molecule has 3 N–H and O–H groups in total. The Hall–Kier alpha value is -3.63. The fourth-order valence-electron chi connectivity index (χ4n) is 5.37. The van der Waals surface area contributed by atoms with E-state index < -0.39 is 11.4 Å². The summed E-state index contributed by atoms with van der Waals surface area (Å²) in [6.07, 6.45) is 3.30. The van der Waals surface area contributed by atoms with Gasteiger partial charge in [-0.25, -0.2) is 19.2 Å². The summed E-state index contributed by atoms with van der Waals surface area (Å²) in [5, 5.41) is 25.1. The molecule has 0 aliphatic carbocycles. The van der Waals surface area contributed by atoms with Gasteiger partial charge in [-0.3, -0.25) is 9.69 Å². The maximum absolute atomic E-state index is 14.5. The number of H-pyrrole nitrogens is 1. The normalized spacial score (nSPS) is 19.6. The highest BCUT2D eigenvalue weighted by atomic mass is 19.1. The Morgan fingerprint density at radius 3 is 2.75 bits per heavy atom. The first-order valence-electron chi connectivity index (χ1n) is 12.4. The van der Waals surface area contributed by atoms with Crippen molar-refractivity contribution in [1.82, 2.24) is 29.9 Å². The molecule has 2 unspecified atom stereocenters. The molecule has 10 heteroatoms. The molecule has 0 amide bonds. The number of anilines is 1. The topological polar surface area (TPSA) is 112 Å². The van der Waals surface area contributed by atoms with Gasteiger partial charge in [0.1, 0.15) is 18.0 Å². The van der Waals surface area contributed by atoms with E-state index in [0.717, 1.165) is 25.2 Å². The van der Waals surface area contributed by atoms with Gasteiger partial charge in [0, 0.05) is 43.2 Å². The Morgan fingerprint density at radius 2 is 2.00 bits per heavy atom. The van der Waals surface area contributed by atoms with E-state index in [-0.39, 0.29) is 23.8 Å². The second-order valence-corrected chi connectivity index (χ2v) is 9.57. The molecule has 2 atom stereocenters. The van der Waals surface area contributed by atoms with Crippen LogP contribution in [-0.4, -0.2) is 61.2 Å². The van der Waals surface area contributed by atoms with Crippen LogP contribution in [0.5, 0.6) is 0 Å². The smallest absolute Gasteiger partial charge is 0.272 e. The van der Waals surface area contributed by atoms with Gasteiger partial charge in [-0.05, 0) is 49.2 Å². The molecule has 0 spiro atoms. The van der Waals surface area contributed by atoms with Gasteiger partial charge in [-0.15, -0.1) is 0 Å². The predicted octanol–water partition coefficient (Wildman–Crippen LogP) is 2.58. The number of nitrogens with one attached hydrogen (secondary N) is 2. The molecular weight excluding hydrogens is 461 g/mol. The molecule has 4 heterocycles. The summed E-state index contributed by atoms with van der Waals surface area (Å²) >= 11 is 0. The quantitative estimate of drug-likeness (QED) is 0.366. The molecule has 186 valence electrons. The van der Waals surface area contributed by atoms with Crippen LogP contribution in [0, 0.1) is 5.82 Å². The number of aromatic amines is 1. The number of aromatic nitrogens is 5. The van der Waals surface area contributed by atoms with Crippen molar-refractivity contribution in [2.45, 2.75) is 37.8 Å². The lowest BCUT2D eigenvalue weighted by atomic mass is 9.82. The number of aliphatic hydroxyl groups is 1. The number of halogens is 1. The molecule has 1 fully saturated rings. The Kier molecular flexibility index (Phi) is 5.98. The molecular formula is C26H28FN7O2. The van der Waals surface area contributed by atoms with Crippen LogP contribution >= 0.6 is 0 Å². The zero-order chi connectivity index (χ0) is 24.6. The van der Waals surface area contributed by atoms with Gasteiger partial charge >= 0.3 is 0 Å². The summed E-state index contributed by atoms with van der Waals surface area (Å²) < 4.78 is 16.3. The van der Waals surface area contributed by atoms with Crippen LogP contribution in [0.4, 0.5) is 10.1 Å². The van der Waals surface area contributed by atoms with Crippen molar-refractivity contribution >= 4 is 16.5 Å². The monoisotopic (exact) mass is 489 g/mol. The number of hydrogen-bond acceptors (Lipinski definition) is 7. The number of hydrogen-bond donors (Lipinski definition) is 3. The van der Waals surface area contributed by atoms with E-state index >= 15 is 0 Å². The molecule has 36 heavy (non-hydrogen) atoms. The van der Waals surface area contributed by atoms with Crippen molar-refractivity contribution in [2.24, 2.45) is 0 Å². The molecule has 2 aliphatic heterocycles. The SMILES string of the molecule is O=c1[nH]nc2c3c(cc(F)cc13)NCC(c1ccc(CN3CCC3)cc1)C2c1ncnn1CCCO. The zero-order valence-electron chi connectivity index (χ0n) is 19.8. The largest absolute Gasteiger partial charge is 0.396 e. The molecule has 4 aromatic rings. The van der Waals surface area contributed by atoms with Gasteiger partial charge in [-0.2, -0.15) is 10.2 Å². The van der Waals surface area contributed by atoms with Crippen LogP contribution in [0.2, 0.25) is 0 Å². The average molecular weight is 490 g/mol. The van der Waals surface area contributed by atoms with Crippen LogP contribution in [0.25, 0.3) is 10.8 Å². The molecule has 2 aromatic heterocycles. The highest BCUT2D eigenvalue weighted by Gasteiger charge is 2.36. The summed E-state index contributed by atoms with van der Waals surface area (Å²) in [6.45, 7) is 4.25. The number of aryl methyl sites for hydroxylation is 1. The van der Waals surface area contributed by atoms with E-state index in [4.69, 9.17) is 0 Å². The van der Waals surface area contributed by atoms with Gasteiger partial charge < -0.3 is 10.4 Å². The zero-order valence-corrected chi connectivity index (χ0v) is 19.8. The molecule has 0 saturated carbocycles. The fourth-order valence-corrected chi connectivity index (χ4v) is 5.37. The van der Waals surface area contributed by atoms with Crippen molar-refractivity contribution in [3.05, 3.63) is 81.5 Å². The molecule has 2 aromatic carbocycles. The Labute approximate surface area is 207 Å². The number of nitrogens with zero attached hydrogens (tertiary/aromatic N) is 5. The first-order chi connectivity index (χ1) is 17.6. The highest BCUT2D eigenvalue weighted by molar-refractivity contribution is 5.96. The van der Waals surface area contributed by atoms with E-state index in [2.05, 4.69) is 54.8 Å². The van der Waals surface area contributed by atoms with Crippen molar-refractivity contribution in [3.8, 4) is 0 Å². The van der Waals surface area contributed by atoms with Gasteiger partial charge in [0.25, 0.3) is 5.56 Å². The van der Waals surface area contributed by atoms with Crippen LogP contribution in [0.15, 0.2) is 47.5 Å². The van der Waals surface area contributed by atoms with E-state index in [1.165, 1.54) is 30.4 Å². The summed E-state index contributed by atoms with van der Waals surface area (Å²) in [5.41, 5.74) is 3.08. The number of aliphatic hydroxyl groups excluding tert-OH is 1. The minimum Gasteiger partial charge on any atom is -0.396 e. The Morgan fingerprint density at radius 1 is 1.17 bits per heavy atom. The van der Waals surface area contributed by atoms with Crippen molar-refractivity contribution in [3.63, 3.8) is 0 Å². The molecule has 1 saturated heterocycles. The molecule has 6 rings (SSSR count). The first-order valence-corrected chi connectivity index (χ1v) is 12.4. The molecule has 0 bridgehead atoms. The average Bonchev–Trinajstić information content (AvgIpc) is 3.25. The van der Waals surface area contributed by atoms with E-state index in [0.29, 0.717) is 42.1 Å². The van der Waals surface area contributed by atoms with Crippen molar-refractivity contribution in [2.75, 3.05) is 31.6 Å². The van der Waals surface area contributed by atoms with Crippen molar-refractivity contribution < 1.29 is 9.50 Å². The summed E-state index contributed by atoms with van der Waals surface area (Å²) in [4.78, 5) is 19.7. The van der Waals surface area contributed by atoms with E-state index in [1.54, 1.807) is 4.68 Å². The molecule has 2 aliphatic rings. The second-order valence-electron chi connectivity index (χ2n) is 9.57. The second kappa shape index (κ2) is 9.44. The number of benzene rings is 2. The standard InChI is InChI=1S/C26H28FN7O2/c27-18-11-19-22-21(12-18)28-13-20(17-5-3-16(4-6-17)14-33-7-1-8-33)23(24(22)31-32-26(19)36)25-29-15-30-34(25)9-2-10-35/h3-6,11-12,15,20,23,28,35H,1-2,7-10,13-14H2,(H,32,36). The van der Waals surface area contributed by atoms with Gasteiger partial charge in [0.15, 0.2) is 0 Å². The summed E-state index contributed by atoms with van der Waals surface area (Å²) in [6, 6.07) is 11.3. The third-order valence-electron chi connectivity index (χ3n) is 7.31. The number of likely N-dealkylation sites (tertiary alicyclic amines) is 1. The third kappa shape index (κ3) is 4.06. The molecule has 9 nitrogen and oxygen atoms in total. The maximum Gasteiger partial charge on any atom is 0.272 e. The van der Waals surface area contributed by atoms with Gasteiger partial charge in [-0.1, -0.05) is 24.3 Å². The maximum atomic E-state index is 14.5. The highest BCUT2D eigenvalue weighted by Crippen LogP contribution is 2.43. The summed E-state index contributed by atoms with van der Waals surface area (Å²) in [7, 11) is 0. The van der Waals surface area contributed by atoms with Crippen molar-refractivity contribution in [1.29, 1.82) is 0 Å². The fraction of sp³-hybridized carbons (Fsp3) is 0.385. The molecule has 0 radical (unpaired) electrons. The summed E-state index contributed by atoms with van der Waals surface area (Å²) in [5.74, 6) is -0.259. The minimum atomic E-state index is -0.482. The lowest BCUT2D eigenvalue weighted by molar-refractivity contribution is 0.172. The Bertz CT molecular complexity index is 1450. The van der Waals surface area contributed by atoms with Crippen LogP contribution in [0.3, 0.4) is 0 Å². The van der Waals surface area contributed by atoms with Crippen LogP contribution in [0.1, 0.15) is 47.3 Å². The predicted molar refractivity (Wildman–Crippen MR) is 133 cm³/mol. The lowest BCUT2D eigenvalue weighted by Crippen LogP contribution is -2.36. The Balaban J connectivity index is 1.49. The van der Waals surface area contributed by atoms with Crippen LogP contribution < -0.4 is 10.9 Å². The lowest BCUT2D eigenvalue weighted by Gasteiger charge is -2.31. The first kappa shape index (κ1) is 22.8. The van der Waals surface area contributed by atoms with E-state index in [9.17, 15) is 14.3 Å². The van der Waals surface area contributed by atoms with Gasteiger partial charge in [0.2, 0.25) is 0 Å².